The number of hydrogen-bond donors (Lipinski definition) is 0. The van der Waals surface area contributed by atoms with Crippen molar-refractivity contribution in [3.05, 3.63) is 47.9 Å². The lowest BCUT2D eigenvalue weighted by molar-refractivity contribution is -0.172. The van der Waals surface area contributed by atoms with Gasteiger partial charge in [-0.25, -0.2) is 9.07 Å². The number of benzene rings is 1. The fourth-order valence-electron chi connectivity index (χ4n) is 2.84. The Kier molecular flexibility index (Phi) is 4.29. The monoisotopic (exact) mass is 341 g/mol. The van der Waals surface area contributed by atoms with Gasteiger partial charge >= 0.3 is 6.18 Å². The van der Waals surface area contributed by atoms with Gasteiger partial charge in [0.1, 0.15) is 11.6 Å². The van der Waals surface area contributed by atoms with Crippen LogP contribution in [0.15, 0.2) is 36.5 Å². The van der Waals surface area contributed by atoms with Gasteiger partial charge in [-0.2, -0.15) is 18.3 Å². The molecule has 0 N–H and O–H groups in total. The topological polar surface area (TPSA) is 38.1 Å². The molecule has 24 heavy (non-hydrogen) atoms. The molecule has 0 fully saturated rings. The predicted octanol–water partition coefficient (Wildman–Crippen LogP) is 3.50. The molecule has 1 aliphatic heterocycles. The van der Waals surface area contributed by atoms with Gasteiger partial charge in [0.15, 0.2) is 6.04 Å². The SMILES string of the molecule is O=C(CCc1ccc(F)cc1)N1CC[C@H](C(F)(F)F)n2nccc21. The van der Waals surface area contributed by atoms with Crippen molar-refractivity contribution >= 4 is 11.7 Å². The number of anilines is 1. The van der Waals surface area contributed by atoms with E-state index in [0.29, 0.717) is 6.42 Å². The molecule has 1 aromatic carbocycles. The molecule has 0 saturated heterocycles. The molecular formula is C16H15F4N3O. The van der Waals surface area contributed by atoms with Gasteiger partial charge in [0, 0.05) is 19.0 Å². The van der Waals surface area contributed by atoms with E-state index in [-0.39, 0.29) is 36.9 Å². The van der Waals surface area contributed by atoms with Crippen molar-refractivity contribution in [1.29, 1.82) is 0 Å². The second-order valence-electron chi connectivity index (χ2n) is 5.65. The van der Waals surface area contributed by atoms with Gasteiger partial charge in [-0.05, 0) is 30.5 Å². The molecule has 1 amide bonds. The Hall–Kier alpha value is -2.38. The third kappa shape index (κ3) is 3.27. The number of carbonyl (C=O) groups excluding carboxylic acids is 1. The number of aryl methyl sites for hydroxylation is 1. The minimum Gasteiger partial charge on any atom is -0.297 e. The van der Waals surface area contributed by atoms with Crippen molar-refractivity contribution in [2.24, 2.45) is 0 Å². The van der Waals surface area contributed by atoms with E-state index < -0.39 is 12.2 Å². The van der Waals surface area contributed by atoms with E-state index in [4.69, 9.17) is 0 Å². The fourth-order valence-corrected chi connectivity index (χ4v) is 2.84. The molecule has 128 valence electrons. The van der Waals surface area contributed by atoms with Crippen LogP contribution in [0, 0.1) is 5.82 Å². The average molecular weight is 341 g/mol. The second-order valence-corrected chi connectivity index (χ2v) is 5.65. The largest absolute Gasteiger partial charge is 0.410 e. The molecule has 0 bridgehead atoms. The summed E-state index contributed by atoms with van der Waals surface area (Å²) in [6.45, 7) is -0.00186. The molecule has 1 aromatic heterocycles. The molecular weight excluding hydrogens is 326 g/mol. The summed E-state index contributed by atoms with van der Waals surface area (Å²) < 4.78 is 52.8. The van der Waals surface area contributed by atoms with Gasteiger partial charge in [-0.1, -0.05) is 12.1 Å². The highest BCUT2D eigenvalue weighted by molar-refractivity contribution is 5.92. The van der Waals surface area contributed by atoms with E-state index >= 15 is 0 Å². The Balaban J connectivity index is 1.71. The van der Waals surface area contributed by atoms with E-state index in [9.17, 15) is 22.4 Å². The van der Waals surface area contributed by atoms with Crippen molar-refractivity contribution in [3.63, 3.8) is 0 Å². The van der Waals surface area contributed by atoms with E-state index in [0.717, 1.165) is 10.2 Å². The van der Waals surface area contributed by atoms with Crippen molar-refractivity contribution in [3.8, 4) is 0 Å². The first kappa shape index (κ1) is 16.5. The summed E-state index contributed by atoms with van der Waals surface area (Å²) in [6, 6.07) is 5.50. The van der Waals surface area contributed by atoms with Crippen LogP contribution in [0.1, 0.15) is 24.4 Å². The number of carbonyl (C=O) groups is 1. The molecule has 0 unspecified atom stereocenters. The van der Waals surface area contributed by atoms with Crippen LogP contribution in [0.5, 0.6) is 0 Å². The van der Waals surface area contributed by atoms with Crippen LogP contribution in [0.4, 0.5) is 23.4 Å². The molecule has 1 aliphatic rings. The summed E-state index contributed by atoms with van der Waals surface area (Å²) in [5.41, 5.74) is 0.795. The van der Waals surface area contributed by atoms with Crippen molar-refractivity contribution in [2.45, 2.75) is 31.5 Å². The molecule has 0 spiro atoms. The van der Waals surface area contributed by atoms with Gasteiger partial charge < -0.3 is 0 Å². The first-order chi connectivity index (χ1) is 11.4. The second kappa shape index (κ2) is 6.26. The predicted molar refractivity (Wildman–Crippen MR) is 79.0 cm³/mol. The summed E-state index contributed by atoms with van der Waals surface area (Å²) in [7, 11) is 0. The van der Waals surface area contributed by atoms with Gasteiger partial charge in [-0.15, -0.1) is 0 Å². The molecule has 4 nitrogen and oxygen atoms in total. The van der Waals surface area contributed by atoms with Crippen molar-refractivity contribution in [1.82, 2.24) is 9.78 Å². The summed E-state index contributed by atoms with van der Waals surface area (Å²) >= 11 is 0. The normalized spacial score (nSPS) is 17.7. The molecule has 1 atom stereocenters. The smallest absolute Gasteiger partial charge is 0.297 e. The maximum atomic E-state index is 13.0. The quantitative estimate of drug-likeness (QED) is 0.802. The summed E-state index contributed by atoms with van der Waals surface area (Å²) in [6.07, 6.45) is -2.83. The Labute approximate surface area is 135 Å². The molecule has 0 aliphatic carbocycles. The highest BCUT2D eigenvalue weighted by Gasteiger charge is 2.45. The van der Waals surface area contributed by atoms with Gasteiger partial charge in [-0.3, -0.25) is 9.69 Å². The Morgan fingerprint density at radius 2 is 1.92 bits per heavy atom. The van der Waals surface area contributed by atoms with Crippen LogP contribution >= 0.6 is 0 Å². The van der Waals surface area contributed by atoms with Crippen LogP contribution < -0.4 is 4.90 Å². The summed E-state index contributed by atoms with van der Waals surface area (Å²) in [5.74, 6) is -0.474. The Morgan fingerprint density at radius 1 is 1.21 bits per heavy atom. The van der Waals surface area contributed by atoms with Crippen molar-refractivity contribution in [2.75, 3.05) is 11.4 Å². The molecule has 0 radical (unpaired) electrons. The van der Waals surface area contributed by atoms with Crippen LogP contribution in [-0.4, -0.2) is 28.4 Å². The first-order valence-electron chi connectivity index (χ1n) is 7.51. The zero-order valence-corrected chi connectivity index (χ0v) is 12.6. The number of halogens is 4. The molecule has 2 heterocycles. The number of hydrogen-bond acceptors (Lipinski definition) is 2. The number of fused-ring (bicyclic) bond motifs is 1. The number of alkyl halides is 3. The number of nitrogens with zero attached hydrogens (tertiary/aromatic N) is 3. The van der Waals surface area contributed by atoms with Crippen LogP contribution in [0.25, 0.3) is 0 Å². The highest BCUT2D eigenvalue weighted by atomic mass is 19.4. The van der Waals surface area contributed by atoms with Gasteiger partial charge in [0.25, 0.3) is 0 Å². The first-order valence-corrected chi connectivity index (χ1v) is 7.51. The Morgan fingerprint density at radius 3 is 2.58 bits per heavy atom. The minimum absolute atomic E-state index is 0.00186. The zero-order chi connectivity index (χ0) is 17.3. The van der Waals surface area contributed by atoms with Crippen LogP contribution in [0.3, 0.4) is 0 Å². The summed E-state index contributed by atoms with van der Waals surface area (Å²) in [4.78, 5) is 13.7. The van der Waals surface area contributed by atoms with E-state index in [1.54, 1.807) is 12.1 Å². The maximum absolute atomic E-state index is 13.0. The maximum Gasteiger partial charge on any atom is 0.410 e. The average Bonchev–Trinajstić information content (AvgIpc) is 3.01. The van der Waals surface area contributed by atoms with Crippen molar-refractivity contribution < 1.29 is 22.4 Å². The lowest BCUT2D eigenvalue weighted by Crippen LogP contribution is -2.43. The Bertz CT molecular complexity index is 724. The third-order valence-electron chi connectivity index (χ3n) is 4.07. The molecule has 0 saturated carbocycles. The van der Waals surface area contributed by atoms with Gasteiger partial charge in [0.05, 0.1) is 6.20 Å². The number of aromatic nitrogens is 2. The van der Waals surface area contributed by atoms with Crippen LogP contribution in [0.2, 0.25) is 0 Å². The number of rotatable bonds is 3. The molecule has 8 heteroatoms. The van der Waals surface area contributed by atoms with E-state index in [1.807, 2.05) is 0 Å². The van der Waals surface area contributed by atoms with Gasteiger partial charge in [0.2, 0.25) is 5.91 Å². The minimum atomic E-state index is -4.40. The highest BCUT2D eigenvalue weighted by Crippen LogP contribution is 2.39. The fraction of sp³-hybridized carbons (Fsp3) is 0.375. The molecule has 2 aromatic rings. The lowest BCUT2D eigenvalue weighted by atomic mass is 10.1. The van der Waals surface area contributed by atoms with E-state index in [1.165, 1.54) is 29.3 Å². The third-order valence-corrected chi connectivity index (χ3v) is 4.07. The summed E-state index contributed by atoms with van der Waals surface area (Å²) in [5, 5.41) is 3.73. The zero-order valence-electron chi connectivity index (χ0n) is 12.6. The lowest BCUT2D eigenvalue weighted by Gasteiger charge is -2.33. The molecule has 3 rings (SSSR count). The van der Waals surface area contributed by atoms with Crippen LogP contribution in [-0.2, 0) is 11.2 Å². The standard InChI is InChI=1S/C16H15F4N3O/c17-12-4-1-11(2-5-12)3-6-15(24)22-10-8-13(16(18,19)20)23-14(22)7-9-21-23/h1-2,4-5,7,9,13H,3,6,8,10H2/t13-/m1/s1. The number of amides is 1. The van der Waals surface area contributed by atoms with E-state index in [2.05, 4.69) is 5.10 Å².